The molecule has 0 saturated carbocycles. The number of halogens is 4. The number of benzene rings is 2. The molecule has 8 nitrogen and oxygen atoms in total. The molecule has 166 valence electrons. The minimum Gasteiger partial charge on any atom is -0.376 e. The van der Waals surface area contributed by atoms with Crippen LogP contribution in [0.1, 0.15) is 18.1 Å². The quantitative estimate of drug-likeness (QED) is 0.218. The third-order valence-electron chi connectivity index (χ3n) is 3.55. The van der Waals surface area contributed by atoms with E-state index in [1.807, 2.05) is 0 Å². The second kappa shape index (κ2) is 9.79. The van der Waals surface area contributed by atoms with Crippen LogP contribution in [0, 0.1) is 0 Å². The van der Waals surface area contributed by atoms with Gasteiger partial charge in [-0.05, 0) is 43.3 Å². The summed E-state index contributed by atoms with van der Waals surface area (Å²) >= 11 is 5.86. The van der Waals surface area contributed by atoms with Crippen LogP contribution in [0.2, 0.25) is 5.02 Å². The molecule has 0 saturated heterocycles. The van der Waals surface area contributed by atoms with Crippen LogP contribution < -0.4 is 14.9 Å². The zero-order chi connectivity index (χ0) is 23.2. The van der Waals surface area contributed by atoms with Gasteiger partial charge in [0.25, 0.3) is 0 Å². The van der Waals surface area contributed by atoms with Crippen molar-refractivity contribution in [3.05, 3.63) is 64.7 Å². The third kappa shape index (κ3) is 6.43. The second-order valence-electron chi connectivity index (χ2n) is 5.78. The summed E-state index contributed by atoms with van der Waals surface area (Å²) in [7, 11) is -5.82. The molecular weight excluding hydrogens is 463 g/mol. The Balaban J connectivity index is 2.36. The zero-order valence-electron chi connectivity index (χ0n) is 15.7. The molecule has 0 heterocycles. The lowest BCUT2D eigenvalue weighted by atomic mass is 10.0. The van der Waals surface area contributed by atoms with E-state index in [1.165, 1.54) is 24.3 Å². The second-order valence-corrected chi connectivity index (χ2v) is 7.75. The highest BCUT2D eigenvalue weighted by Gasteiger charge is 2.48. The molecule has 2 rings (SSSR count). The molecule has 13 heteroatoms. The van der Waals surface area contributed by atoms with Gasteiger partial charge in [-0.3, -0.25) is 9.59 Å². The molecule has 0 aliphatic heterocycles. The predicted molar refractivity (Wildman–Crippen MR) is 106 cm³/mol. The van der Waals surface area contributed by atoms with Gasteiger partial charge in [-0.15, -0.1) is 0 Å². The Morgan fingerprint density at radius 1 is 1.00 bits per heavy atom. The number of hydrogen-bond donors (Lipinski definition) is 2. The van der Waals surface area contributed by atoms with Gasteiger partial charge in [-0.2, -0.15) is 26.7 Å². The van der Waals surface area contributed by atoms with Crippen molar-refractivity contribution in [2.75, 3.05) is 6.54 Å². The van der Waals surface area contributed by atoms with Gasteiger partial charge in [0.15, 0.2) is 0 Å². The van der Waals surface area contributed by atoms with Gasteiger partial charge in [-0.1, -0.05) is 23.7 Å². The molecule has 0 unspecified atom stereocenters. The summed E-state index contributed by atoms with van der Waals surface area (Å²) < 4.78 is 63.7. The van der Waals surface area contributed by atoms with Gasteiger partial charge >= 0.3 is 27.4 Å². The number of likely N-dealkylation sites (N-methyl/N-ethyl adjacent to an activating group) is 1. The van der Waals surface area contributed by atoms with E-state index in [-0.39, 0.29) is 17.8 Å². The largest absolute Gasteiger partial charge is 0.534 e. The number of hydrogen-bond acceptors (Lipinski definition) is 6. The fourth-order valence-corrected chi connectivity index (χ4v) is 2.73. The molecular formula is C18H15ClF3N3O5S. The summed E-state index contributed by atoms with van der Waals surface area (Å²) in [6, 6.07) is 10.6. The summed E-state index contributed by atoms with van der Waals surface area (Å²) in [6.45, 7) is 1.85. The lowest BCUT2D eigenvalue weighted by molar-refractivity contribution is -0.139. The molecule has 2 aromatic rings. The van der Waals surface area contributed by atoms with E-state index in [2.05, 4.69) is 20.0 Å². The lowest BCUT2D eigenvalue weighted by Gasteiger charge is -2.11. The van der Waals surface area contributed by atoms with E-state index in [9.17, 15) is 31.2 Å². The summed E-state index contributed by atoms with van der Waals surface area (Å²) in [5, 5.41) is 6.62. The molecule has 0 radical (unpaired) electrons. The molecule has 31 heavy (non-hydrogen) atoms. The van der Waals surface area contributed by atoms with Crippen molar-refractivity contribution in [3.8, 4) is 5.75 Å². The summed E-state index contributed by atoms with van der Waals surface area (Å²) in [5.74, 6) is -2.53. The standard InChI is InChI=1S/C18H15ClF3N3O5S/c1-2-23-16(26)17(27)25-24-15(11-3-7-13(19)8-4-11)12-5-9-14(10-6-12)30-31(28,29)18(20,21)22/h3-10H,2H2,1H3,(H,23,26)(H,25,27). The zero-order valence-corrected chi connectivity index (χ0v) is 17.3. The number of hydrazone groups is 1. The highest BCUT2D eigenvalue weighted by atomic mass is 35.5. The Kier molecular flexibility index (Phi) is 7.63. The molecule has 0 fully saturated rings. The minimum atomic E-state index is -5.82. The maximum Gasteiger partial charge on any atom is 0.534 e. The Hall–Kier alpha value is -3.12. The van der Waals surface area contributed by atoms with Crippen molar-refractivity contribution >= 4 is 39.2 Å². The van der Waals surface area contributed by atoms with Crippen LogP contribution >= 0.6 is 11.6 Å². The first kappa shape index (κ1) is 24.2. The van der Waals surface area contributed by atoms with Gasteiger partial charge in [0.05, 0.1) is 5.71 Å². The molecule has 0 aliphatic carbocycles. The smallest absolute Gasteiger partial charge is 0.376 e. The first-order valence-corrected chi connectivity index (χ1v) is 10.3. The maximum atomic E-state index is 12.5. The molecule has 0 bridgehead atoms. The van der Waals surface area contributed by atoms with Crippen LogP contribution in [0.4, 0.5) is 13.2 Å². The van der Waals surface area contributed by atoms with Gasteiger partial charge in [-0.25, -0.2) is 5.43 Å². The van der Waals surface area contributed by atoms with Crippen LogP contribution in [-0.2, 0) is 19.7 Å². The van der Waals surface area contributed by atoms with Crippen LogP contribution in [0.15, 0.2) is 53.6 Å². The van der Waals surface area contributed by atoms with E-state index in [0.717, 1.165) is 12.1 Å². The van der Waals surface area contributed by atoms with Crippen molar-refractivity contribution in [1.29, 1.82) is 0 Å². The molecule has 0 aromatic heterocycles. The first-order chi connectivity index (χ1) is 14.4. The van der Waals surface area contributed by atoms with Gasteiger partial charge in [0.2, 0.25) is 0 Å². The maximum absolute atomic E-state index is 12.5. The molecule has 2 aromatic carbocycles. The third-order valence-corrected chi connectivity index (χ3v) is 4.78. The number of amides is 2. The highest BCUT2D eigenvalue weighted by Crippen LogP contribution is 2.27. The van der Waals surface area contributed by atoms with Gasteiger partial charge in [0, 0.05) is 22.7 Å². The molecule has 0 spiro atoms. The normalized spacial score (nSPS) is 12.2. The van der Waals surface area contributed by atoms with E-state index < -0.39 is 33.2 Å². The number of carbonyl (C=O) groups is 2. The highest BCUT2D eigenvalue weighted by molar-refractivity contribution is 7.88. The van der Waals surface area contributed by atoms with Crippen LogP contribution in [0.3, 0.4) is 0 Å². The van der Waals surface area contributed by atoms with E-state index in [0.29, 0.717) is 10.6 Å². The first-order valence-electron chi connectivity index (χ1n) is 8.47. The van der Waals surface area contributed by atoms with Crippen molar-refractivity contribution in [1.82, 2.24) is 10.7 Å². The van der Waals surface area contributed by atoms with Crippen molar-refractivity contribution in [2.24, 2.45) is 5.10 Å². The van der Waals surface area contributed by atoms with Gasteiger partial charge in [0.1, 0.15) is 5.75 Å². The Morgan fingerprint density at radius 2 is 1.52 bits per heavy atom. The fourth-order valence-electron chi connectivity index (χ4n) is 2.14. The van der Waals surface area contributed by atoms with E-state index in [1.54, 1.807) is 19.1 Å². The number of carbonyl (C=O) groups excluding carboxylic acids is 2. The van der Waals surface area contributed by atoms with E-state index in [4.69, 9.17) is 11.6 Å². The van der Waals surface area contributed by atoms with Crippen LogP contribution in [0.25, 0.3) is 0 Å². The molecule has 2 amide bonds. The lowest BCUT2D eigenvalue weighted by Crippen LogP contribution is -2.38. The van der Waals surface area contributed by atoms with Crippen molar-refractivity contribution in [3.63, 3.8) is 0 Å². The fraction of sp³-hybridized carbons (Fsp3) is 0.167. The summed E-state index contributed by atoms with van der Waals surface area (Å²) in [6.07, 6.45) is 0. The Bertz CT molecular complexity index is 1090. The monoisotopic (exact) mass is 477 g/mol. The molecule has 2 N–H and O–H groups in total. The Morgan fingerprint density at radius 3 is 2.00 bits per heavy atom. The van der Waals surface area contributed by atoms with Gasteiger partial charge < -0.3 is 9.50 Å². The summed E-state index contributed by atoms with van der Waals surface area (Å²) in [4.78, 5) is 23.4. The SMILES string of the molecule is CCNC(=O)C(=O)NN=C(c1ccc(Cl)cc1)c1ccc(OS(=O)(=O)C(F)(F)F)cc1. The number of nitrogens with zero attached hydrogens (tertiary/aromatic N) is 1. The van der Waals surface area contributed by atoms with Crippen molar-refractivity contribution < 1.29 is 35.4 Å². The minimum absolute atomic E-state index is 0.125. The topological polar surface area (TPSA) is 114 Å². The Labute approximate surface area is 180 Å². The number of nitrogens with one attached hydrogen (secondary N) is 2. The van der Waals surface area contributed by atoms with E-state index >= 15 is 0 Å². The van der Waals surface area contributed by atoms with Crippen LogP contribution in [0.5, 0.6) is 5.75 Å². The molecule has 0 aliphatic rings. The van der Waals surface area contributed by atoms with Crippen molar-refractivity contribution in [2.45, 2.75) is 12.4 Å². The number of alkyl halides is 3. The number of rotatable bonds is 6. The van der Waals surface area contributed by atoms with Crippen LogP contribution in [-0.4, -0.2) is 38.0 Å². The average molecular weight is 478 g/mol. The predicted octanol–water partition coefficient (Wildman–Crippen LogP) is 2.57. The average Bonchev–Trinajstić information content (AvgIpc) is 2.69. The summed E-state index contributed by atoms with van der Waals surface area (Å²) in [5.41, 5.74) is -2.66. The molecule has 0 atom stereocenters.